The van der Waals surface area contributed by atoms with Gasteiger partial charge in [0.15, 0.2) is 0 Å². The van der Waals surface area contributed by atoms with E-state index in [-0.39, 0.29) is 6.04 Å². The van der Waals surface area contributed by atoms with E-state index in [1.165, 1.54) is 0 Å². The topological polar surface area (TPSA) is 37.8 Å². The Morgan fingerprint density at radius 3 is 2.29 bits per heavy atom. The minimum atomic E-state index is -0.0321. The van der Waals surface area contributed by atoms with E-state index in [1.54, 1.807) is 18.6 Å². The van der Waals surface area contributed by atoms with Crippen LogP contribution in [0.2, 0.25) is 5.02 Å². The smallest absolute Gasteiger partial charge is 0.0941 e. The molecule has 0 bridgehead atoms. The molecule has 0 spiro atoms. The second-order valence-electron chi connectivity index (χ2n) is 4.62. The van der Waals surface area contributed by atoms with E-state index in [1.807, 2.05) is 54.6 Å². The molecule has 0 amide bonds. The van der Waals surface area contributed by atoms with Crippen LogP contribution in [-0.4, -0.2) is 9.97 Å². The first kappa shape index (κ1) is 13.6. The van der Waals surface area contributed by atoms with Crippen LogP contribution < -0.4 is 5.32 Å². The Kier molecular flexibility index (Phi) is 4.12. The standard InChI is InChI=1S/C17H14ClN3/c18-14-4-6-15(7-5-14)21-17(13-8-11-19-12-9-13)16-3-1-2-10-20-16/h1-12,17,21H. The number of pyridine rings is 2. The summed E-state index contributed by atoms with van der Waals surface area (Å²) in [7, 11) is 0. The van der Waals surface area contributed by atoms with Crippen molar-refractivity contribution < 1.29 is 0 Å². The molecule has 3 nitrogen and oxygen atoms in total. The fraction of sp³-hybridized carbons (Fsp3) is 0.0588. The van der Waals surface area contributed by atoms with Crippen LogP contribution in [0.5, 0.6) is 0 Å². The lowest BCUT2D eigenvalue weighted by molar-refractivity contribution is 0.883. The van der Waals surface area contributed by atoms with E-state index < -0.39 is 0 Å². The number of nitrogens with one attached hydrogen (secondary N) is 1. The second-order valence-corrected chi connectivity index (χ2v) is 5.06. The van der Waals surface area contributed by atoms with Gasteiger partial charge >= 0.3 is 0 Å². The van der Waals surface area contributed by atoms with Crippen molar-refractivity contribution in [3.05, 3.63) is 89.5 Å². The summed E-state index contributed by atoms with van der Waals surface area (Å²) in [6.45, 7) is 0. The summed E-state index contributed by atoms with van der Waals surface area (Å²) >= 11 is 5.93. The quantitative estimate of drug-likeness (QED) is 0.778. The number of halogens is 1. The highest BCUT2D eigenvalue weighted by Crippen LogP contribution is 2.25. The molecule has 2 heterocycles. The highest BCUT2D eigenvalue weighted by molar-refractivity contribution is 6.30. The van der Waals surface area contributed by atoms with Crippen molar-refractivity contribution in [2.75, 3.05) is 5.32 Å². The Hall–Kier alpha value is -2.39. The van der Waals surface area contributed by atoms with Crippen molar-refractivity contribution in [1.82, 2.24) is 9.97 Å². The van der Waals surface area contributed by atoms with Gasteiger partial charge in [-0.2, -0.15) is 0 Å². The van der Waals surface area contributed by atoms with Crippen molar-refractivity contribution in [2.45, 2.75) is 6.04 Å². The third-order valence-corrected chi connectivity index (χ3v) is 3.43. The summed E-state index contributed by atoms with van der Waals surface area (Å²) in [5.74, 6) is 0. The number of aromatic nitrogens is 2. The second kappa shape index (κ2) is 6.37. The molecule has 0 radical (unpaired) electrons. The third-order valence-electron chi connectivity index (χ3n) is 3.18. The summed E-state index contributed by atoms with van der Waals surface area (Å²) in [4.78, 5) is 8.53. The van der Waals surface area contributed by atoms with Gasteiger partial charge in [-0.1, -0.05) is 17.7 Å². The third kappa shape index (κ3) is 3.38. The lowest BCUT2D eigenvalue weighted by atomic mass is 10.0. The predicted octanol–water partition coefficient (Wildman–Crippen LogP) is 4.33. The monoisotopic (exact) mass is 295 g/mol. The molecule has 0 saturated heterocycles. The summed E-state index contributed by atoms with van der Waals surface area (Å²) in [6.07, 6.45) is 5.37. The molecule has 0 saturated carbocycles. The fourth-order valence-corrected chi connectivity index (χ4v) is 2.27. The van der Waals surface area contributed by atoms with Crippen molar-refractivity contribution >= 4 is 17.3 Å². The molecule has 3 rings (SSSR count). The Labute approximate surface area is 128 Å². The number of anilines is 1. The van der Waals surface area contributed by atoms with Gasteiger partial charge in [0, 0.05) is 29.3 Å². The molecule has 1 atom stereocenters. The normalized spacial score (nSPS) is 11.9. The van der Waals surface area contributed by atoms with Crippen LogP contribution in [-0.2, 0) is 0 Å². The molecular weight excluding hydrogens is 282 g/mol. The molecule has 104 valence electrons. The van der Waals surface area contributed by atoms with Gasteiger partial charge in [-0.15, -0.1) is 0 Å². The molecule has 1 aromatic carbocycles. The van der Waals surface area contributed by atoms with E-state index in [4.69, 9.17) is 11.6 Å². The Bertz CT molecular complexity index is 645. The number of rotatable bonds is 4. The maximum absolute atomic E-state index is 5.93. The van der Waals surface area contributed by atoms with Gasteiger partial charge in [0.25, 0.3) is 0 Å². The molecule has 21 heavy (non-hydrogen) atoms. The van der Waals surface area contributed by atoms with Crippen LogP contribution in [0.25, 0.3) is 0 Å². The maximum Gasteiger partial charge on any atom is 0.0941 e. The Morgan fingerprint density at radius 1 is 0.857 bits per heavy atom. The molecule has 2 aromatic heterocycles. The lowest BCUT2D eigenvalue weighted by Crippen LogP contribution is -2.13. The average molecular weight is 296 g/mol. The van der Waals surface area contributed by atoms with Gasteiger partial charge in [0.2, 0.25) is 0 Å². The van der Waals surface area contributed by atoms with Crippen LogP contribution in [0.1, 0.15) is 17.3 Å². The highest BCUT2D eigenvalue weighted by atomic mass is 35.5. The number of hydrogen-bond donors (Lipinski definition) is 1. The van der Waals surface area contributed by atoms with E-state index in [2.05, 4.69) is 15.3 Å². The molecule has 3 aromatic rings. The first-order chi connectivity index (χ1) is 10.3. The highest BCUT2D eigenvalue weighted by Gasteiger charge is 2.14. The minimum absolute atomic E-state index is 0.0321. The SMILES string of the molecule is Clc1ccc(NC(c2ccncc2)c2ccccn2)cc1. The zero-order chi connectivity index (χ0) is 14.5. The van der Waals surface area contributed by atoms with Crippen LogP contribution >= 0.6 is 11.6 Å². The summed E-state index contributed by atoms with van der Waals surface area (Å²) in [5.41, 5.74) is 3.06. The first-order valence-corrected chi connectivity index (χ1v) is 7.04. The predicted molar refractivity (Wildman–Crippen MR) is 85.4 cm³/mol. The van der Waals surface area contributed by atoms with Crippen molar-refractivity contribution in [3.63, 3.8) is 0 Å². The lowest BCUT2D eigenvalue weighted by Gasteiger charge is -2.20. The maximum atomic E-state index is 5.93. The number of hydrogen-bond acceptors (Lipinski definition) is 3. The van der Waals surface area contributed by atoms with E-state index in [0.717, 1.165) is 22.0 Å². The summed E-state index contributed by atoms with van der Waals surface area (Å²) in [5, 5.41) is 4.21. The van der Waals surface area contributed by atoms with Crippen molar-refractivity contribution in [2.24, 2.45) is 0 Å². The first-order valence-electron chi connectivity index (χ1n) is 6.66. The Balaban J connectivity index is 1.95. The van der Waals surface area contributed by atoms with Gasteiger partial charge in [-0.3, -0.25) is 9.97 Å². The Morgan fingerprint density at radius 2 is 1.62 bits per heavy atom. The van der Waals surface area contributed by atoms with E-state index >= 15 is 0 Å². The molecule has 0 aliphatic heterocycles. The average Bonchev–Trinajstić information content (AvgIpc) is 2.56. The summed E-state index contributed by atoms with van der Waals surface area (Å²) < 4.78 is 0. The van der Waals surface area contributed by atoms with Gasteiger partial charge in [0.1, 0.15) is 0 Å². The fourth-order valence-electron chi connectivity index (χ4n) is 2.14. The molecular formula is C17H14ClN3. The number of benzene rings is 1. The van der Waals surface area contributed by atoms with Crippen LogP contribution in [0, 0.1) is 0 Å². The summed E-state index contributed by atoms with van der Waals surface area (Å²) in [6, 6.07) is 17.5. The van der Waals surface area contributed by atoms with Gasteiger partial charge in [-0.05, 0) is 54.1 Å². The van der Waals surface area contributed by atoms with E-state index in [0.29, 0.717) is 0 Å². The van der Waals surface area contributed by atoms with Crippen LogP contribution in [0.4, 0.5) is 5.69 Å². The van der Waals surface area contributed by atoms with E-state index in [9.17, 15) is 0 Å². The molecule has 0 aliphatic carbocycles. The number of nitrogens with zero attached hydrogens (tertiary/aromatic N) is 2. The van der Waals surface area contributed by atoms with Crippen LogP contribution in [0.3, 0.4) is 0 Å². The molecule has 4 heteroatoms. The van der Waals surface area contributed by atoms with Gasteiger partial charge in [-0.25, -0.2) is 0 Å². The zero-order valence-corrected chi connectivity index (χ0v) is 12.0. The molecule has 0 fully saturated rings. The van der Waals surface area contributed by atoms with Crippen LogP contribution in [0.15, 0.2) is 73.2 Å². The molecule has 0 aliphatic rings. The van der Waals surface area contributed by atoms with Crippen molar-refractivity contribution in [1.29, 1.82) is 0 Å². The molecule has 1 unspecified atom stereocenters. The molecule has 1 N–H and O–H groups in total. The minimum Gasteiger partial charge on any atom is -0.373 e. The van der Waals surface area contributed by atoms with Crippen molar-refractivity contribution in [3.8, 4) is 0 Å². The van der Waals surface area contributed by atoms with Gasteiger partial charge in [0.05, 0.1) is 11.7 Å². The zero-order valence-electron chi connectivity index (χ0n) is 11.3. The van der Waals surface area contributed by atoms with Gasteiger partial charge < -0.3 is 5.32 Å². The largest absolute Gasteiger partial charge is 0.373 e.